The second kappa shape index (κ2) is 10.7. The number of imide groups is 2. The number of phenolic OH excluding ortho intramolecular Hbond substituents is 1. The average Bonchev–Trinajstić information content (AvgIpc) is 3.43. The molecule has 4 aromatic carbocycles. The standard InChI is InChI=1S/C36H24Cl2FN3O7/c37-35-17-26-24(14-15-25-28(26)32(45)40(31(25)44)20-10-12-22(13-11-20)42(48)49)30(29-23-4-2-1-3-18(23)5-16-27(29)43)36(35,38)34(47)41(33(35)46)21-8-6-19(39)7-9-21/h1-14,16,25-26,28,30,43H,15,17H2. The van der Waals surface area contributed by atoms with Crippen molar-refractivity contribution in [2.45, 2.75) is 28.5 Å². The fourth-order valence-electron chi connectivity index (χ4n) is 8.28. The molecule has 6 unspecified atom stereocenters. The van der Waals surface area contributed by atoms with Crippen LogP contribution in [0.2, 0.25) is 0 Å². The molecule has 1 N–H and O–H groups in total. The van der Waals surface area contributed by atoms with Crippen LogP contribution < -0.4 is 9.80 Å². The number of nitro benzene ring substituents is 1. The molecule has 2 heterocycles. The van der Waals surface area contributed by atoms with Crippen molar-refractivity contribution in [3.05, 3.63) is 118 Å². The summed E-state index contributed by atoms with van der Waals surface area (Å²) in [6.45, 7) is 0. The van der Waals surface area contributed by atoms with Crippen molar-refractivity contribution >= 4 is 74.7 Å². The highest BCUT2D eigenvalue weighted by molar-refractivity contribution is 6.58. The predicted molar refractivity (Wildman–Crippen MR) is 178 cm³/mol. The third-order valence-electron chi connectivity index (χ3n) is 10.5. The van der Waals surface area contributed by atoms with E-state index in [2.05, 4.69) is 0 Å². The highest BCUT2D eigenvalue weighted by Gasteiger charge is 2.77. The number of non-ortho nitro benzene ring substituents is 1. The summed E-state index contributed by atoms with van der Waals surface area (Å²) in [4.78, 5) is 65.3. The van der Waals surface area contributed by atoms with Crippen LogP contribution >= 0.6 is 23.2 Å². The van der Waals surface area contributed by atoms with Gasteiger partial charge in [-0.2, -0.15) is 0 Å². The number of hydrogen-bond acceptors (Lipinski definition) is 7. The first-order chi connectivity index (χ1) is 23.4. The molecule has 4 aromatic rings. The van der Waals surface area contributed by atoms with E-state index in [1.54, 1.807) is 30.3 Å². The Morgan fingerprint density at radius 1 is 0.816 bits per heavy atom. The van der Waals surface area contributed by atoms with Gasteiger partial charge in [-0.1, -0.05) is 42.0 Å². The molecule has 0 bridgehead atoms. The lowest BCUT2D eigenvalue weighted by molar-refractivity contribution is -0.384. The van der Waals surface area contributed by atoms with Crippen LogP contribution in [0.25, 0.3) is 10.8 Å². The average molecular weight is 701 g/mol. The summed E-state index contributed by atoms with van der Waals surface area (Å²) in [6.07, 6.45) is 1.53. The minimum atomic E-state index is -2.22. The van der Waals surface area contributed by atoms with Crippen molar-refractivity contribution in [1.82, 2.24) is 0 Å². The van der Waals surface area contributed by atoms with E-state index in [4.69, 9.17) is 23.2 Å². The molecule has 0 aromatic heterocycles. The van der Waals surface area contributed by atoms with Gasteiger partial charge in [-0.15, -0.1) is 23.2 Å². The Bertz CT molecular complexity index is 2190. The summed E-state index contributed by atoms with van der Waals surface area (Å²) < 4.78 is 13.9. The van der Waals surface area contributed by atoms with Crippen LogP contribution in [0, 0.1) is 33.7 Å². The lowest BCUT2D eigenvalue weighted by atomic mass is 9.56. The SMILES string of the molecule is O=C1C2CC=C3C(CC4(Cl)C(=O)N(c5ccc(F)cc5)C(=O)C4(Cl)C3c3c(O)ccc4ccccc34)C2C(=O)N1c1ccc([N+](=O)[O-])cc1. The summed E-state index contributed by atoms with van der Waals surface area (Å²) in [6, 6.07) is 20.0. The van der Waals surface area contributed by atoms with Crippen LogP contribution in [0.15, 0.2) is 96.6 Å². The van der Waals surface area contributed by atoms with Crippen molar-refractivity contribution in [2.75, 3.05) is 9.80 Å². The number of hydrogen-bond donors (Lipinski definition) is 1. The first kappa shape index (κ1) is 31.2. The smallest absolute Gasteiger partial charge is 0.269 e. The lowest BCUT2D eigenvalue weighted by Gasteiger charge is -2.51. The monoisotopic (exact) mass is 699 g/mol. The van der Waals surface area contributed by atoms with Gasteiger partial charge in [0.05, 0.1) is 28.1 Å². The number of phenols is 1. The zero-order valence-corrected chi connectivity index (χ0v) is 26.8. The van der Waals surface area contributed by atoms with Gasteiger partial charge in [-0.3, -0.25) is 34.2 Å². The molecule has 6 atom stereocenters. The van der Waals surface area contributed by atoms with Gasteiger partial charge in [-0.25, -0.2) is 9.29 Å². The molecule has 3 fully saturated rings. The number of nitro groups is 1. The third-order valence-corrected chi connectivity index (χ3v) is 11.9. The number of benzene rings is 4. The van der Waals surface area contributed by atoms with E-state index < -0.39 is 67.8 Å². The van der Waals surface area contributed by atoms with E-state index in [1.165, 1.54) is 42.5 Å². The summed E-state index contributed by atoms with van der Waals surface area (Å²) in [5, 5.41) is 24.0. The number of aromatic hydroxyl groups is 1. The summed E-state index contributed by atoms with van der Waals surface area (Å²) in [5.41, 5.74) is 0.689. The van der Waals surface area contributed by atoms with E-state index in [0.29, 0.717) is 16.3 Å². The number of rotatable bonds is 4. The van der Waals surface area contributed by atoms with Crippen molar-refractivity contribution in [3.63, 3.8) is 0 Å². The van der Waals surface area contributed by atoms with Gasteiger partial charge in [0, 0.05) is 23.6 Å². The molecule has 2 saturated heterocycles. The van der Waals surface area contributed by atoms with Crippen molar-refractivity contribution in [2.24, 2.45) is 17.8 Å². The summed E-state index contributed by atoms with van der Waals surface area (Å²) in [7, 11) is 0. The van der Waals surface area contributed by atoms with Crippen LogP contribution in [0.4, 0.5) is 21.5 Å². The van der Waals surface area contributed by atoms with Gasteiger partial charge in [0.2, 0.25) is 11.8 Å². The zero-order chi connectivity index (χ0) is 34.6. The molecule has 246 valence electrons. The van der Waals surface area contributed by atoms with E-state index in [9.17, 15) is 38.8 Å². The molecule has 13 heteroatoms. The van der Waals surface area contributed by atoms with Gasteiger partial charge < -0.3 is 5.11 Å². The summed E-state index contributed by atoms with van der Waals surface area (Å²) >= 11 is 14.9. The Hall–Kier alpha value is -5.13. The van der Waals surface area contributed by atoms with Crippen LogP contribution in [-0.2, 0) is 19.2 Å². The lowest BCUT2D eigenvalue weighted by Crippen LogP contribution is -2.60. The maximum absolute atomic E-state index is 14.6. The molecule has 4 aliphatic rings. The van der Waals surface area contributed by atoms with Crippen molar-refractivity contribution < 1.29 is 33.6 Å². The van der Waals surface area contributed by atoms with Gasteiger partial charge in [0.1, 0.15) is 11.6 Å². The highest BCUT2D eigenvalue weighted by atomic mass is 35.5. The third kappa shape index (κ3) is 4.12. The Balaban J connectivity index is 1.32. The van der Waals surface area contributed by atoms with Crippen LogP contribution in [0.5, 0.6) is 5.75 Å². The van der Waals surface area contributed by atoms with Crippen molar-refractivity contribution in [1.29, 1.82) is 0 Å². The number of nitrogens with zero attached hydrogens (tertiary/aromatic N) is 3. The first-order valence-electron chi connectivity index (χ1n) is 15.4. The van der Waals surface area contributed by atoms with Gasteiger partial charge in [-0.05, 0) is 72.0 Å². The second-order valence-electron chi connectivity index (χ2n) is 12.8. The van der Waals surface area contributed by atoms with Gasteiger partial charge in [0.15, 0.2) is 9.75 Å². The molecule has 8 rings (SSSR count). The molecule has 4 amide bonds. The van der Waals surface area contributed by atoms with Crippen molar-refractivity contribution in [3.8, 4) is 5.75 Å². The number of anilines is 2. The number of carbonyl (C=O) groups excluding carboxylic acids is 4. The number of fused-ring (bicyclic) bond motifs is 5. The molecular weight excluding hydrogens is 676 g/mol. The number of alkyl halides is 2. The topological polar surface area (TPSA) is 138 Å². The quantitative estimate of drug-likeness (QED) is 0.0860. The van der Waals surface area contributed by atoms with E-state index in [1.807, 2.05) is 6.07 Å². The largest absolute Gasteiger partial charge is 0.508 e. The number of halogens is 3. The van der Waals surface area contributed by atoms with Crippen LogP contribution in [0.3, 0.4) is 0 Å². The second-order valence-corrected chi connectivity index (χ2v) is 14.0. The Morgan fingerprint density at radius 2 is 1.47 bits per heavy atom. The van der Waals surface area contributed by atoms with Gasteiger partial charge in [0.25, 0.3) is 17.5 Å². The number of amides is 4. The maximum atomic E-state index is 14.6. The highest BCUT2D eigenvalue weighted by Crippen LogP contribution is 2.67. The molecule has 0 radical (unpaired) electrons. The minimum Gasteiger partial charge on any atom is -0.508 e. The van der Waals surface area contributed by atoms with E-state index in [-0.39, 0.29) is 41.2 Å². The number of carbonyl (C=O) groups is 4. The first-order valence-corrected chi connectivity index (χ1v) is 16.2. The Kier molecular flexibility index (Phi) is 6.79. The summed E-state index contributed by atoms with van der Waals surface area (Å²) in [5.74, 6) is -7.67. The zero-order valence-electron chi connectivity index (χ0n) is 25.3. The predicted octanol–water partition coefficient (Wildman–Crippen LogP) is 6.36. The van der Waals surface area contributed by atoms with E-state index in [0.717, 1.165) is 21.9 Å². The van der Waals surface area contributed by atoms with Crippen LogP contribution in [-0.4, -0.2) is 43.4 Å². The molecule has 1 saturated carbocycles. The minimum absolute atomic E-state index is 0.0398. The van der Waals surface area contributed by atoms with Gasteiger partial charge >= 0.3 is 0 Å². The maximum Gasteiger partial charge on any atom is 0.269 e. The molecule has 2 aliphatic carbocycles. The molecular formula is C36H24Cl2FN3O7. The van der Waals surface area contributed by atoms with Crippen LogP contribution in [0.1, 0.15) is 24.3 Å². The molecule has 10 nitrogen and oxygen atoms in total. The Morgan fingerprint density at radius 3 is 2.16 bits per heavy atom. The fraction of sp³-hybridized carbons (Fsp3) is 0.222. The number of allylic oxidation sites excluding steroid dienone is 2. The van der Waals surface area contributed by atoms with E-state index >= 15 is 0 Å². The Labute approximate surface area is 287 Å². The molecule has 0 spiro atoms. The fourth-order valence-corrected chi connectivity index (χ4v) is 9.20. The normalized spacial score (nSPS) is 29.2. The molecule has 49 heavy (non-hydrogen) atoms. The molecule has 2 aliphatic heterocycles.